The maximum Gasteiger partial charge on any atom is 0.253 e. The third kappa shape index (κ3) is 3.99. The molecule has 0 spiro atoms. The van der Waals surface area contributed by atoms with Gasteiger partial charge in [-0.1, -0.05) is 11.6 Å². The lowest BCUT2D eigenvalue weighted by Gasteiger charge is -2.40. The third-order valence-electron chi connectivity index (χ3n) is 4.95. The van der Waals surface area contributed by atoms with E-state index in [-0.39, 0.29) is 11.4 Å². The fourth-order valence-electron chi connectivity index (χ4n) is 3.29. The number of nitrogens with one attached hydrogen (secondary N) is 1. The average Bonchev–Trinajstić information content (AvgIpc) is 2.60. The van der Waals surface area contributed by atoms with Crippen LogP contribution < -0.4 is 5.32 Å². The van der Waals surface area contributed by atoms with Gasteiger partial charge < -0.3 is 10.1 Å². The van der Waals surface area contributed by atoms with Crippen molar-refractivity contribution in [3.8, 4) is 0 Å². The number of rotatable bonds is 4. The normalized spacial score (nSPS) is 16.2. The Morgan fingerprint density at radius 2 is 1.96 bits per heavy atom. The smallest absolute Gasteiger partial charge is 0.253 e. The summed E-state index contributed by atoms with van der Waals surface area (Å²) in [5.74, 6) is -0.0604. The Labute approximate surface area is 149 Å². The molecule has 1 saturated heterocycles. The molecule has 1 aliphatic heterocycles. The minimum atomic E-state index is -0.103. The number of aryl methyl sites for hydroxylation is 2. The second kappa shape index (κ2) is 7.10. The number of benzene rings is 1. The van der Waals surface area contributed by atoms with Crippen molar-refractivity contribution in [2.24, 2.45) is 0 Å². The van der Waals surface area contributed by atoms with E-state index in [1.165, 1.54) is 0 Å². The molecular formula is C20H27N3O2. The van der Waals surface area contributed by atoms with Crippen LogP contribution >= 0.6 is 0 Å². The van der Waals surface area contributed by atoms with E-state index in [4.69, 9.17) is 4.74 Å². The van der Waals surface area contributed by atoms with Crippen LogP contribution in [0.4, 0.5) is 0 Å². The predicted molar refractivity (Wildman–Crippen MR) is 100 cm³/mol. The van der Waals surface area contributed by atoms with E-state index >= 15 is 0 Å². The summed E-state index contributed by atoms with van der Waals surface area (Å²) in [5.41, 5.74) is 3.40. The Bertz CT molecular complexity index is 780. The van der Waals surface area contributed by atoms with Crippen molar-refractivity contribution < 1.29 is 9.53 Å². The van der Waals surface area contributed by atoms with Gasteiger partial charge in [-0.15, -0.1) is 0 Å². The first-order valence-electron chi connectivity index (χ1n) is 8.86. The summed E-state index contributed by atoms with van der Waals surface area (Å²) in [5, 5.41) is 4.10. The first-order chi connectivity index (χ1) is 11.9. The molecule has 5 heteroatoms. The number of fused-ring (bicyclic) bond motifs is 1. The van der Waals surface area contributed by atoms with Crippen LogP contribution in [0.15, 0.2) is 24.3 Å². The van der Waals surface area contributed by atoms with Crippen LogP contribution in [0.25, 0.3) is 10.9 Å². The number of amides is 1. The monoisotopic (exact) mass is 341 g/mol. The number of pyridine rings is 1. The Kier molecular flexibility index (Phi) is 5.06. The van der Waals surface area contributed by atoms with Gasteiger partial charge in [0.25, 0.3) is 5.91 Å². The maximum absolute atomic E-state index is 12.7. The van der Waals surface area contributed by atoms with Crippen molar-refractivity contribution in [2.75, 3.05) is 32.8 Å². The lowest BCUT2D eigenvalue weighted by Crippen LogP contribution is -2.55. The maximum atomic E-state index is 12.7. The standard InChI is InChI=1S/C20H27N3O2/c1-14-5-6-18-16(11-14)12-17(15(2)22-18)19(24)21-13-20(3,4)23-7-9-25-10-8-23/h5-6,11-12H,7-10,13H2,1-4H3,(H,21,24). The minimum Gasteiger partial charge on any atom is -0.379 e. The zero-order valence-electron chi connectivity index (χ0n) is 15.6. The summed E-state index contributed by atoms with van der Waals surface area (Å²) < 4.78 is 5.42. The molecular weight excluding hydrogens is 314 g/mol. The summed E-state index contributed by atoms with van der Waals surface area (Å²) in [6.07, 6.45) is 0. The van der Waals surface area contributed by atoms with Gasteiger partial charge in [-0.3, -0.25) is 14.7 Å². The van der Waals surface area contributed by atoms with Crippen LogP contribution in [0.1, 0.15) is 35.5 Å². The lowest BCUT2D eigenvalue weighted by molar-refractivity contribution is -0.00923. The molecule has 134 valence electrons. The van der Waals surface area contributed by atoms with Gasteiger partial charge >= 0.3 is 0 Å². The first-order valence-corrected chi connectivity index (χ1v) is 8.86. The number of ether oxygens (including phenoxy) is 1. The van der Waals surface area contributed by atoms with Gasteiger partial charge in [0.1, 0.15) is 0 Å². The van der Waals surface area contributed by atoms with Crippen LogP contribution in [0.2, 0.25) is 0 Å². The van der Waals surface area contributed by atoms with Crippen LogP contribution in [0.5, 0.6) is 0 Å². The highest BCUT2D eigenvalue weighted by atomic mass is 16.5. The van der Waals surface area contributed by atoms with Crippen molar-refractivity contribution >= 4 is 16.8 Å². The molecule has 3 rings (SSSR count). The molecule has 0 saturated carbocycles. The van der Waals surface area contributed by atoms with E-state index in [0.717, 1.165) is 48.5 Å². The minimum absolute atomic E-state index is 0.0604. The Morgan fingerprint density at radius 1 is 1.24 bits per heavy atom. The SMILES string of the molecule is Cc1ccc2nc(C)c(C(=O)NCC(C)(C)N3CCOCC3)cc2c1. The Hall–Kier alpha value is -1.98. The summed E-state index contributed by atoms with van der Waals surface area (Å²) in [6, 6.07) is 8.05. The molecule has 1 aromatic carbocycles. The highest BCUT2D eigenvalue weighted by Gasteiger charge is 2.28. The fraction of sp³-hybridized carbons (Fsp3) is 0.500. The number of hydrogen-bond acceptors (Lipinski definition) is 4. The number of nitrogens with zero attached hydrogens (tertiary/aromatic N) is 2. The molecule has 0 aliphatic carbocycles. The van der Waals surface area contributed by atoms with Gasteiger partial charge in [0.15, 0.2) is 0 Å². The topological polar surface area (TPSA) is 54.5 Å². The van der Waals surface area contributed by atoms with E-state index in [9.17, 15) is 4.79 Å². The van der Waals surface area contributed by atoms with Crippen LogP contribution in [-0.2, 0) is 4.74 Å². The summed E-state index contributed by atoms with van der Waals surface area (Å²) >= 11 is 0. The number of hydrogen-bond donors (Lipinski definition) is 1. The Morgan fingerprint density at radius 3 is 2.68 bits per heavy atom. The van der Waals surface area contributed by atoms with E-state index in [1.54, 1.807) is 0 Å². The highest BCUT2D eigenvalue weighted by Crippen LogP contribution is 2.19. The third-order valence-corrected chi connectivity index (χ3v) is 4.95. The molecule has 1 aliphatic rings. The van der Waals surface area contributed by atoms with Gasteiger partial charge in [0, 0.05) is 30.6 Å². The summed E-state index contributed by atoms with van der Waals surface area (Å²) in [6.45, 7) is 12.2. The number of carbonyl (C=O) groups excluding carboxylic acids is 1. The fourth-order valence-corrected chi connectivity index (χ4v) is 3.29. The zero-order chi connectivity index (χ0) is 18.0. The first kappa shape index (κ1) is 17.8. The highest BCUT2D eigenvalue weighted by molar-refractivity contribution is 5.98. The van der Waals surface area contributed by atoms with Gasteiger partial charge in [0.2, 0.25) is 0 Å². The van der Waals surface area contributed by atoms with E-state index in [0.29, 0.717) is 12.1 Å². The van der Waals surface area contributed by atoms with E-state index < -0.39 is 0 Å². The quantitative estimate of drug-likeness (QED) is 0.929. The van der Waals surface area contributed by atoms with Crippen molar-refractivity contribution in [1.29, 1.82) is 0 Å². The average molecular weight is 341 g/mol. The van der Waals surface area contributed by atoms with Gasteiger partial charge in [-0.2, -0.15) is 0 Å². The molecule has 0 atom stereocenters. The van der Waals surface area contributed by atoms with Crippen LogP contribution in [0, 0.1) is 13.8 Å². The predicted octanol–water partition coefficient (Wildman–Crippen LogP) is 2.69. The van der Waals surface area contributed by atoms with Crippen molar-refractivity contribution in [1.82, 2.24) is 15.2 Å². The molecule has 1 aromatic heterocycles. The van der Waals surface area contributed by atoms with Gasteiger partial charge in [-0.25, -0.2) is 0 Å². The second-order valence-corrected chi connectivity index (χ2v) is 7.41. The Balaban J connectivity index is 1.74. The van der Waals surface area contributed by atoms with E-state index in [1.807, 2.05) is 32.0 Å². The van der Waals surface area contributed by atoms with Crippen LogP contribution in [0.3, 0.4) is 0 Å². The second-order valence-electron chi connectivity index (χ2n) is 7.41. The summed E-state index contributed by atoms with van der Waals surface area (Å²) in [4.78, 5) is 19.7. The largest absolute Gasteiger partial charge is 0.379 e. The number of carbonyl (C=O) groups is 1. The molecule has 0 radical (unpaired) electrons. The van der Waals surface area contributed by atoms with E-state index in [2.05, 4.69) is 35.1 Å². The van der Waals surface area contributed by atoms with Gasteiger partial charge in [0.05, 0.1) is 30.0 Å². The molecule has 25 heavy (non-hydrogen) atoms. The molecule has 5 nitrogen and oxygen atoms in total. The van der Waals surface area contributed by atoms with Crippen molar-refractivity contribution in [3.05, 3.63) is 41.1 Å². The molecule has 1 amide bonds. The number of aromatic nitrogens is 1. The molecule has 1 N–H and O–H groups in total. The van der Waals surface area contributed by atoms with Crippen molar-refractivity contribution in [3.63, 3.8) is 0 Å². The van der Waals surface area contributed by atoms with Crippen molar-refractivity contribution in [2.45, 2.75) is 33.2 Å². The molecule has 0 unspecified atom stereocenters. The summed E-state index contributed by atoms with van der Waals surface area (Å²) in [7, 11) is 0. The molecule has 2 aromatic rings. The zero-order valence-corrected chi connectivity index (χ0v) is 15.6. The molecule has 2 heterocycles. The molecule has 1 fully saturated rings. The lowest BCUT2D eigenvalue weighted by atomic mass is 10.0. The molecule has 0 bridgehead atoms. The van der Waals surface area contributed by atoms with Gasteiger partial charge in [-0.05, 0) is 45.9 Å². The number of morpholine rings is 1. The van der Waals surface area contributed by atoms with Crippen LogP contribution in [-0.4, -0.2) is 54.2 Å².